The van der Waals surface area contributed by atoms with Crippen LogP contribution >= 0.6 is 0 Å². The summed E-state index contributed by atoms with van der Waals surface area (Å²) in [5.74, 6) is -0.891. The van der Waals surface area contributed by atoms with Crippen LogP contribution in [0.15, 0.2) is 48.5 Å². The van der Waals surface area contributed by atoms with E-state index in [-0.39, 0.29) is 36.3 Å². The number of nitrogens with one attached hydrogen (secondary N) is 2. The van der Waals surface area contributed by atoms with E-state index in [1.54, 1.807) is 0 Å². The Morgan fingerprint density at radius 1 is 1.00 bits per heavy atom. The predicted octanol–water partition coefficient (Wildman–Crippen LogP) is 3.67. The zero-order valence-electron chi connectivity index (χ0n) is 18.8. The molecule has 6 rings (SSSR count). The van der Waals surface area contributed by atoms with Crippen LogP contribution in [0.2, 0.25) is 0 Å². The molecule has 3 saturated carbocycles. The number of carbonyl (C=O) groups is 3. The summed E-state index contributed by atoms with van der Waals surface area (Å²) in [4.78, 5) is 37.0. The number of ether oxygens (including phenoxy) is 1. The first-order valence-electron chi connectivity index (χ1n) is 12.1. The van der Waals surface area contributed by atoms with Crippen LogP contribution in [0.25, 0.3) is 11.1 Å². The summed E-state index contributed by atoms with van der Waals surface area (Å²) in [6.07, 6.45) is 3.24. The highest BCUT2D eigenvalue weighted by atomic mass is 16.5. The number of carboxylic acids is 1. The third kappa shape index (κ3) is 3.54. The van der Waals surface area contributed by atoms with Crippen molar-refractivity contribution in [2.24, 2.45) is 17.3 Å². The number of hydrogen-bond acceptors (Lipinski definition) is 4. The second-order valence-corrected chi connectivity index (χ2v) is 10.3. The van der Waals surface area contributed by atoms with Gasteiger partial charge in [-0.15, -0.1) is 0 Å². The number of alkyl carbamates (subject to hydrolysis) is 1. The van der Waals surface area contributed by atoms with E-state index >= 15 is 0 Å². The average Bonchev–Trinajstić information content (AvgIpc) is 3.73. The van der Waals surface area contributed by atoms with Crippen LogP contribution in [-0.2, 0) is 14.3 Å². The van der Waals surface area contributed by atoms with Crippen LogP contribution < -0.4 is 10.6 Å². The van der Waals surface area contributed by atoms with Crippen molar-refractivity contribution in [1.29, 1.82) is 0 Å². The zero-order valence-corrected chi connectivity index (χ0v) is 18.8. The van der Waals surface area contributed by atoms with Crippen molar-refractivity contribution in [1.82, 2.24) is 10.6 Å². The van der Waals surface area contributed by atoms with Crippen molar-refractivity contribution in [2.75, 3.05) is 6.61 Å². The van der Waals surface area contributed by atoms with Crippen molar-refractivity contribution >= 4 is 18.0 Å². The highest BCUT2D eigenvalue weighted by Crippen LogP contribution is 2.63. The molecule has 176 valence electrons. The Hall–Kier alpha value is -3.35. The molecule has 0 saturated heterocycles. The Balaban J connectivity index is 1.05. The third-order valence-electron chi connectivity index (χ3n) is 8.18. The van der Waals surface area contributed by atoms with Gasteiger partial charge in [0, 0.05) is 12.0 Å². The Bertz CT molecular complexity index is 1130. The van der Waals surface area contributed by atoms with Gasteiger partial charge in [0.25, 0.3) is 0 Å². The Morgan fingerprint density at radius 2 is 1.65 bits per heavy atom. The molecule has 4 aliphatic rings. The van der Waals surface area contributed by atoms with Gasteiger partial charge in [0.2, 0.25) is 5.91 Å². The standard InChI is InChI=1S/C27H28N2O5/c30-24(31)23(15-9-10-15)29-25(32)27-12-16(27)11-17(13-27)28-26(33)34-14-22-20-7-3-1-5-18(20)19-6-2-4-8-21(19)22/h1-8,15-17,22-23H,9-14H2,(H,28,33)(H,29,32)(H,30,31)/t16-,17+,23?,27+/m0/s1. The smallest absolute Gasteiger partial charge is 0.407 e. The van der Waals surface area contributed by atoms with E-state index in [1.165, 1.54) is 11.1 Å². The number of aliphatic carboxylic acids is 1. The van der Waals surface area contributed by atoms with Crippen LogP contribution in [-0.4, -0.2) is 41.8 Å². The zero-order chi connectivity index (χ0) is 23.4. The molecule has 0 aliphatic heterocycles. The molecule has 0 radical (unpaired) electrons. The summed E-state index contributed by atoms with van der Waals surface area (Å²) >= 11 is 0. The van der Waals surface area contributed by atoms with Crippen LogP contribution in [0, 0.1) is 17.3 Å². The number of rotatable bonds is 7. The molecule has 34 heavy (non-hydrogen) atoms. The molecule has 0 spiro atoms. The molecule has 2 aromatic carbocycles. The first-order chi connectivity index (χ1) is 16.5. The minimum atomic E-state index is -0.962. The molecule has 4 atom stereocenters. The summed E-state index contributed by atoms with van der Waals surface area (Å²) in [5.41, 5.74) is 4.16. The molecule has 3 N–H and O–H groups in total. The van der Waals surface area contributed by atoms with Crippen LogP contribution in [0.1, 0.15) is 49.1 Å². The lowest BCUT2D eigenvalue weighted by molar-refractivity contribution is -0.143. The van der Waals surface area contributed by atoms with Crippen LogP contribution in [0.5, 0.6) is 0 Å². The highest BCUT2D eigenvalue weighted by Gasteiger charge is 2.65. The van der Waals surface area contributed by atoms with Gasteiger partial charge >= 0.3 is 12.1 Å². The molecule has 7 nitrogen and oxygen atoms in total. The minimum Gasteiger partial charge on any atom is -0.480 e. The summed E-state index contributed by atoms with van der Waals surface area (Å²) in [6.45, 7) is 0.253. The molecule has 0 bridgehead atoms. The van der Waals surface area contributed by atoms with Gasteiger partial charge in [0.1, 0.15) is 12.6 Å². The normalized spacial score (nSPS) is 27.2. The molecule has 3 fully saturated rings. The number of hydrogen-bond donors (Lipinski definition) is 3. The maximum absolute atomic E-state index is 12.9. The molecular weight excluding hydrogens is 432 g/mol. The van der Waals surface area contributed by atoms with Gasteiger partial charge in [0.05, 0.1) is 5.41 Å². The SMILES string of the molecule is O=C(N[C@@H]1C[C@H]2C[C@@]2(C(=O)NC(C(=O)O)C2CC2)C1)OCC1c2ccccc2-c2ccccc21. The number of benzene rings is 2. The van der Waals surface area contributed by atoms with Crippen molar-refractivity contribution < 1.29 is 24.2 Å². The summed E-state index contributed by atoms with van der Waals surface area (Å²) in [6, 6.07) is 15.5. The van der Waals surface area contributed by atoms with E-state index < -0.39 is 23.5 Å². The Labute approximate surface area is 197 Å². The molecule has 2 aromatic rings. The fourth-order valence-corrected chi connectivity index (χ4v) is 6.19. The summed E-state index contributed by atoms with van der Waals surface area (Å²) < 4.78 is 5.65. The summed E-state index contributed by atoms with van der Waals surface area (Å²) in [5, 5.41) is 15.1. The summed E-state index contributed by atoms with van der Waals surface area (Å²) in [7, 11) is 0. The van der Waals surface area contributed by atoms with E-state index in [0.29, 0.717) is 6.42 Å². The van der Waals surface area contributed by atoms with Crippen molar-refractivity contribution in [2.45, 2.75) is 50.1 Å². The molecule has 1 unspecified atom stereocenters. The molecule has 0 aromatic heterocycles. The Kier molecular flexibility index (Phi) is 4.90. The first kappa shape index (κ1) is 21.2. The fourth-order valence-electron chi connectivity index (χ4n) is 6.19. The number of fused-ring (bicyclic) bond motifs is 4. The van der Waals surface area contributed by atoms with E-state index in [9.17, 15) is 19.5 Å². The van der Waals surface area contributed by atoms with Gasteiger partial charge < -0.3 is 20.5 Å². The number of amides is 2. The van der Waals surface area contributed by atoms with Gasteiger partial charge in [-0.05, 0) is 66.2 Å². The monoisotopic (exact) mass is 460 g/mol. The van der Waals surface area contributed by atoms with Crippen molar-refractivity contribution in [3.8, 4) is 11.1 Å². The van der Waals surface area contributed by atoms with Gasteiger partial charge in [-0.2, -0.15) is 0 Å². The van der Waals surface area contributed by atoms with E-state index in [2.05, 4.69) is 34.9 Å². The van der Waals surface area contributed by atoms with Crippen LogP contribution in [0.4, 0.5) is 4.79 Å². The van der Waals surface area contributed by atoms with Crippen LogP contribution in [0.3, 0.4) is 0 Å². The van der Waals surface area contributed by atoms with Gasteiger partial charge in [0.15, 0.2) is 0 Å². The first-order valence-corrected chi connectivity index (χ1v) is 12.1. The maximum Gasteiger partial charge on any atom is 0.407 e. The second-order valence-electron chi connectivity index (χ2n) is 10.3. The lowest BCUT2D eigenvalue weighted by Gasteiger charge is -2.21. The molecule has 4 aliphatic carbocycles. The topological polar surface area (TPSA) is 105 Å². The quantitative estimate of drug-likeness (QED) is 0.585. The lowest BCUT2D eigenvalue weighted by atomic mass is 9.98. The second kappa shape index (κ2) is 7.86. The lowest BCUT2D eigenvalue weighted by Crippen LogP contribution is -2.46. The minimum absolute atomic E-state index is 0.00243. The highest BCUT2D eigenvalue weighted by molar-refractivity contribution is 5.90. The number of carboxylic acid groups (broad SMARTS) is 1. The van der Waals surface area contributed by atoms with Gasteiger partial charge in [-0.1, -0.05) is 48.5 Å². The molecule has 7 heteroatoms. The van der Waals surface area contributed by atoms with E-state index in [4.69, 9.17) is 4.74 Å². The average molecular weight is 461 g/mol. The van der Waals surface area contributed by atoms with E-state index in [1.807, 2.05) is 24.3 Å². The molecular formula is C27H28N2O5. The molecule has 0 heterocycles. The maximum atomic E-state index is 12.9. The van der Waals surface area contributed by atoms with Crippen molar-refractivity contribution in [3.05, 3.63) is 59.7 Å². The molecule has 2 amide bonds. The van der Waals surface area contributed by atoms with Gasteiger partial charge in [-0.25, -0.2) is 9.59 Å². The van der Waals surface area contributed by atoms with E-state index in [0.717, 1.165) is 36.8 Å². The van der Waals surface area contributed by atoms with Crippen molar-refractivity contribution in [3.63, 3.8) is 0 Å². The third-order valence-corrected chi connectivity index (χ3v) is 8.18. The largest absolute Gasteiger partial charge is 0.480 e. The van der Waals surface area contributed by atoms with Gasteiger partial charge in [-0.3, -0.25) is 4.79 Å². The fraction of sp³-hybridized carbons (Fsp3) is 0.444. The predicted molar refractivity (Wildman–Crippen MR) is 124 cm³/mol. The Morgan fingerprint density at radius 3 is 2.26 bits per heavy atom. The number of carbonyl (C=O) groups excluding carboxylic acids is 2.